The molecular weight excluding hydrogens is 170 g/mol. The van der Waals surface area contributed by atoms with E-state index in [1.807, 2.05) is 13.8 Å². The molecule has 13 heavy (non-hydrogen) atoms. The van der Waals surface area contributed by atoms with Gasteiger partial charge in [-0.3, -0.25) is 9.59 Å². The zero-order valence-electron chi connectivity index (χ0n) is 7.99. The standard InChI is InChI=1S/C9H15NO3/c1-6(2)9(13)10-4-3-7(10)5-8(11)12/h6-7H,3-5H2,1-2H3,(H,11,12). The van der Waals surface area contributed by atoms with Gasteiger partial charge in [0.15, 0.2) is 0 Å². The number of likely N-dealkylation sites (tertiary alicyclic amines) is 1. The molecule has 0 saturated carbocycles. The summed E-state index contributed by atoms with van der Waals surface area (Å²) in [6.45, 7) is 4.38. The van der Waals surface area contributed by atoms with Crippen molar-refractivity contribution < 1.29 is 14.7 Å². The Balaban J connectivity index is 2.45. The minimum Gasteiger partial charge on any atom is -0.481 e. The molecule has 1 rings (SSSR count). The normalized spacial score (nSPS) is 21.5. The van der Waals surface area contributed by atoms with Crippen LogP contribution < -0.4 is 0 Å². The van der Waals surface area contributed by atoms with Gasteiger partial charge >= 0.3 is 5.97 Å². The lowest BCUT2D eigenvalue weighted by Crippen LogP contribution is -2.53. The van der Waals surface area contributed by atoms with E-state index < -0.39 is 5.97 Å². The second-order valence-corrected chi connectivity index (χ2v) is 3.73. The molecule has 0 bridgehead atoms. The number of carboxylic acids is 1. The summed E-state index contributed by atoms with van der Waals surface area (Å²) in [6, 6.07) is -0.0626. The first-order valence-corrected chi connectivity index (χ1v) is 4.54. The van der Waals surface area contributed by atoms with Crippen molar-refractivity contribution in [2.24, 2.45) is 5.92 Å². The Morgan fingerprint density at radius 3 is 2.46 bits per heavy atom. The Labute approximate surface area is 77.5 Å². The first kappa shape index (κ1) is 10.0. The molecule has 1 N–H and O–H groups in total. The molecule has 1 aliphatic heterocycles. The van der Waals surface area contributed by atoms with Crippen LogP contribution in [-0.2, 0) is 9.59 Å². The van der Waals surface area contributed by atoms with E-state index in [0.717, 1.165) is 13.0 Å². The summed E-state index contributed by atoms with van der Waals surface area (Å²) >= 11 is 0. The average molecular weight is 185 g/mol. The van der Waals surface area contributed by atoms with Gasteiger partial charge in [0.2, 0.25) is 5.91 Å². The van der Waals surface area contributed by atoms with Crippen LogP contribution in [0.15, 0.2) is 0 Å². The highest BCUT2D eigenvalue weighted by Crippen LogP contribution is 2.22. The molecular formula is C9H15NO3. The van der Waals surface area contributed by atoms with Crippen LogP contribution in [0.3, 0.4) is 0 Å². The van der Waals surface area contributed by atoms with E-state index in [4.69, 9.17) is 5.11 Å². The third kappa shape index (κ3) is 2.20. The van der Waals surface area contributed by atoms with Crippen LogP contribution in [0.5, 0.6) is 0 Å². The molecule has 1 fully saturated rings. The van der Waals surface area contributed by atoms with Crippen LogP contribution in [0.1, 0.15) is 26.7 Å². The number of hydrogen-bond donors (Lipinski definition) is 1. The van der Waals surface area contributed by atoms with Crippen molar-refractivity contribution >= 4 is 11.9 Å². The topological polar surface area (TPSA) is 57.6 Å². The first-order valence-electron chi connectivity index (χ1n) is 4.54. The Morgan fingerprint density at radius 2 is 2.15 bits per heavy atom. The molecule has 0 aromatic carbocycles. The van der Waals surface area contributed by atoms with E-state index in [1.54, 1.807) is 4.90 Å². The molecule has 1 atom stereocenters. The molecule has 0 aromatic heterocycles. The number of rotatable bonds is 3. The predicted molar refractivity (Wildman–Crippen MR) is 47.2 cm³/mol. The van der Waals surface area contributed by atoms with Gasteiger partial charge in [-0.2, -0.15) is 0 Å². The summed E-state index contributed by atoms with van der Waals surface area (Å²) < 4.78 is 0. The number of nitrogens with zero attached hydrogens (tertiary/aromatic N) is 1. The Morgan fingerprint density at radius 1 is 1.54 bits per heavy atom. The van der Waals surface area contributed by atoms with E-state index in [9.17, 15) is 9.59 Å². The summed E-state index contributed by atoms with van der Waals surface area (Å²) in [6.07, 6.45) is 0.906. The van der Waals surface area contributed by atoms with E-state index in [1.165, 1.54) is 0 Å². The minimum absolute atomic E-state index is 0.0309. The third-order valence-electron chi connectivity index (χ3n) is 2.33. The molecule has 1 unspecified atom stereocenters. The van der Waals surface area contributed by atoms with Gasteiger partial charge in [-0.15, -0.1) is 0 Å². The predicted octanol–water partition coefficient (Wildman–Crippen LogP) is 0.718. The molecule has 0 aliphatic carbocycles. The Kier molecular flexibility index (Phi) is 2.90. The van der Waals surface area contributed by atoms with Crippen LogP contribution in [0.2, 0.25) is 0 Å². The van der Waals surface area contributed by atoms with E-state index in [0.29, 0.717) is 0 Å². The lowest BCUT2D eigenvalue weighted by Gasteiger charge is -2.41. The lowest BCUT2D eigenvalue weighted by molar-refractivity contribution is -0.147. The highest BCUT2D eigenvalue weighted by Gasteiger charge is 2.34. The van der Waals surface area contributed by atoms with Crippen molar-refractivity contribution in [3.8, 4) is 0 Å². The zero-order chi connectivity index (χ0) is 10.0. The van der Waals surface area contributed by atoms with Gasteiger partial charge in [0, 0.05) is 18.5 Å². The lowest BCUT2D eigenvalue weighted by atomic mass is 9.97. The summed E-state index contributed by atoms with van der Waals surface area (Å²) in [5.74, 6) is -0.791. The number of carboxylic acid groups (broad SMARTS) is 1. The average Bonchev–Trinajstić information content (AvgIpc) is 1.98. The molecule has 1 amide bonds. The van der Waals surface area contributed by atoms with E-state index >= 15 is 0 Å². The highest BCUT2D eigenvalue weighted by molar-refractivity contribution is 5.80. The number of hydrogen-bond acceptors (Lipinski definition) is 2. The molecule has 0 aromatic rings. The smallest absolute Gasteiger partial charge is 0.305 e. The summed E-state index contributed by atoms with van der Waals surface area (Å²) in [7, 11) is 0. The molecule has 0 radical (unpaired) electrons. The van der Waals surface area contributed by atoms with E-state index in [2.05, 4.69) is 0 Å². The Hall–Kier alpha value is -1.06. The largest absolute Gasteiger partial charge is 0.481 e. The number of carbonyl (C=O) groups is 2. The summed E-state index contributed by atoms with van der Waals surface area (Å²) in [5.41, 5.74) is 0. The van der Waals surface area contributed by atoms with Crippen molar-refractivity contribution in [3.05, 3.63) is 0 Å². The molecule has 0 spiro atoms. The fourth-order valence-corrected chi connectivity index (χ4v) is 1.48. The fourth-order valence-electron chi connectivity index (χ4n) is 1.48. The van der Waals surface area contributed by atoms with Crippen LogP contribution in [0, 0.1) is 5.92 Å². The third-order valence-corrected chi connectivity index (χ3v) is 2.33. The van der Waals surface area contributed by atoms with Crippen molar-refractivity contribution in [1.29, 1.82) is 0 Å². The molecule has 1 aliphatic rings. The van der Waals surface area contributed by atoms with Crippen LogP contribution in [-0.4, -0.2) is 34.5 Å². The molecule has 1 saturated heterocycles. The van der Waals surface area contributed by atoms with Crippen molar-refractivity contribution in [2.45, 2.75) is 32.7 Å². The van der Waals surface area contributed by atoms with Crippen molar-refractivity contribution in [1.82, 2.24) is 4.90 Å². The SMILES string of the molecule is CC(C)C(=O)N1CCC1CC(=O)O. The van der Waals surface area contributed by atoms with Crippen LogP contribution in [0.25, 0.3) is 0 Å². The summed E-state index contributed by atoms with van der Waals surface area (Å²) in [5, 5.41) is 8.55. The number of aliphatic carboxylic acids is 1. The van der Waals surface area contributed by atoms with Gasteiger partial charge in [0.05, 0.1) is 6.42 Å². The van der Waals surface area contributed by atoms with Crippen molar-refractivity contribution in [2.75, 3.05) is 6.54 Å². The van der Waals surface area contributed by atoms with Gasteiger partial charge in [-0.05, 0) is 6.42 Å². The van der Waals surface area contributed by atoms with Gasteiger partial charge in [0.1, 0.15) is 0 Å². The molecule has 1 heterocycles. The minimum atomic E-state index is -0.828. The molecule has 4 heteroatoms. The zero-order valence-corrected chi connectivity index (χ0v) is 7.99. The van der Waals surface area contributed by atoms with Gasteiger partial charge in [0.25, 0.3) is 0 Å². The van der Waals surface area contributed by atoms with E-state index in [-0.39, 0.29) is 24.3 Å². The van der Waals surface area contributed by atoms with Gasteiger partial charge in [-0.1, -0.05) is 13.8 Å². The number of amides is 1. The first-order chi connectivity index (χ1) is 6.02. The van der Waals surface area contributed by atoms with Gasteiger partial charge < -0.3 is 10.0 Å². The number of carbonyl (C=O) groups excluding carboxylic acids is 1. The van der Waals surface area contributed by atoms with Crippen LogP contribution in [0.4, 0.5) is 0 Å². The maximum absolute atomic E-state index is 11.4. The Bertz CT molecular complexity index is 225. The maximum atomic E-state index is 11.4. The monoisotopic (exact) mass is 185 g/mol. The fraction of sp³-hybridized carbons (Fsp3) is 0.778. The quantitative estimate of drug-likeness (QED) is 0.704. The molecule has 4 nitrogen and oxygen atoms in total. The van der Waals surface area contributed by atoms with Crippen LogP contribution >= 0.6 is 0 Å². The second kappa shape index (κ2) is 3.77. The molecule has 74 valence electrons. The van der Waals surface area contributed by atoms with Crippen molar-refractivity contribution in [3.63, 3.8) is 0 Å². The maximum Gasteiger partial charge on any atom is 0.305 e. The summed E-state index contributed by atoms with van der Waals surface area (Å²) in [4.78, 5) is 23.5. The second-order valence-electron chi connectivity index (χ2n) is 3.73. The van der Waals surface area contributed by atoms with Gasteiger partial charge in [-0.25, -0.2) is 0 Å². The highest BCUT2D eigenvalue weighted by atomic mass is 16.4.